The van der Waals surface area contributed by atoms with Crippen molar-refractivity contribution >= 4 is 5.82 Å². The van der Waals surface area contributed by atoms with Crippen LogP contribution in [0, 0.1) is 40.1 Å². The maximum absolute atomic E-state index is 14.1. The Morgan fingerprint density at radius 1 is 1.00 bits per heavy atom. The largest absolute Gasteiger partial charge is 0.417 e. The van der Waals surface area contributed by atoms with E-state index >= 15 is 0 Å². The summed E-state index contributed by atoms with van der Waals surface area (Å²) in [4.78, 5) is 13.5. The van der Waals surface area contributed by atoms with Crippen LogP contribution in [0.1, 0.15) is 16.7 Å². The average Bonchev–Trinajstić information content (AvgIpc) is 2.51. The molecule has 0 fully saturated rings. The van der Waals surface area contributed by atoms with Gasteiger partial charge in [0.2, 0.25) is 0 Å². The number of nitriles is 2. The van der Waals surface area contributed by atoms with Crippen molar-refractivity contribution in [1.29, 1.82) is 10.5 Å². The third-order valence-corrected chi connectivity index (χ3v) is 3.19. The van der Waals surface area contributed by atoms with Crippen LogP contribution in [0.15, 0.2) is 10.9 Å². The van der Waals surface area contributed by atoms with Gasteiger partial charge < -0.3 is 10.7 Å². The molecule has 0 aliphatic rings. The Kier molecular flexibility index (Phi) is 4.20. The Labute approximate surface area is 134 Å². The van der Waals surface area contributed by atoms with E-state index in [2.05, 4.69) is 0 Å². The van der Waals surface area contributed by atoms with Gasteiger partial charge in [0.15, 0.2) is 17.5 Å². The lowest BCUT2D eigenvalue weighted by atomic mass is 9.91. The number of benzene rings is 1. The number of rotatable bonds is 1. The lowest BCUT2D eigenvalue weighted by Gasteiger charge is -2.17. The number of hydrogen-bond donors (Lipinski definition) is 2. The molecule has 11 heteroatoms. The van der Waals surface area contributed by atoms with Gasteiger partial charge >= 0.3 is 6.18 Å². The molecule has 2 aromatic rings. The van der Waals surface area contributed by atoms with E-state index in [1.165, 1.54) is 12.1 Å². The van der Waals surface area contributed by atoms with Gasteiger partial charge in [-0.15, -0.1) is 0 Å². The number of halogens is 6. The smallest absolute Gasteiger partial charge is 0.384 e. The van der Waals surface area contributed by atoms with E-state index < -0.39 is 62.8 Å². The number of alkyl halides is 3. The maximum Gasteiger partial charge on any atom is 0.417 e. The summed E-state index contributed by atoms with van der Waals surface area (Å²) in [5, 5.41) is 18.0. The number of nitrogens with zero attached hydrogens (tertiary/aromatic N) is 2. The van der Waals surface area contributed by atoms with Crippen LogP contribution >= 0.6 is 0 Å². The molecule has 0 unspecified atom stereocenters. The van der Waals surface area contributed by atoms with Gasteiger partial charge in [0, 0.05) is 11.1 Å². The highest BCUT2D eigenvalue weighted by Gasteiger charge is 2.39. The van der Waals surface area contributed by atoms with Crippen molar-refractivity contribution in [3.05, 3.63) is 50.6 Å². The number of aromatic nitrogens is 1. The lowest BCUT2D eigenvalue weighted by Crippen LogP contribution is -2.19. The molecule has 1 heterocycles. The van der Waals surface area contributed by atoms with E-state index in [0.29, 0.717) is 0 Å². The molecule has 2 rings (SSSR count). The first-order valence-electron chi connectivity index (χ1n) is 6.15. The number of nitrogen functional groups attached to an aromatic ring is 1. The van der Waals surface area contributed by atoms with Crippen LogP contribution in [0.25, 0.3) is 11.1 Å². The molecule has 0 saturated heterocycles. The van der Waals surface area contributed by atoms with Gasteiger partial charge in [0.1, 0.15) is 29.1 Å². The standard InChI is InChI=1S/C14H4F6N4O/c15-7-1-6(14(18,19)20)9(11(17)10(7)16)8-4(2-21)12(23)24-13(25)5(8)3-22/h1H,(H3,23,24,25). The predicted octanol–water partition coefficient (Wildman–Crippen LogP) is 2.80. The number of aromatic amines is 1. The van der Waals surface area contributed by atoms with Crippen molar-refractivity contribution in [2.24, 2.45) is 0 Å². The number of H-pyrrole nitrogens is 1. The second kappa shape index (κ2) is 5.87. The number of nitrogens with two attached hydrogens (primary N) is 1. The van der Waals surface area contributed by atoms with Crippen LogP contribution in [0.4, 0.5) is 32.2 Å². The van der Waals surface area contributed by atoms with E-state index in [-0.39, 0.29) is 6.07 Å². The number of nitrogens with one attached hydrogen (secondary N) is 1. The van der Waals surface area contributed by atoms with Crippen molar-refractivity contribution in [1.82, 2.24) is 4.98 Å². The Morgan fingerprint density at radius 2 is 1.56 bits per heavy atom. The second-order valence-corrected chi connectivity index (χ2v) is 4.62. The second-order valence-electron chi connectivity index (χ2n) is 4.62. The fourth-order valence-corrected chi connectivity index (χ4v) is 2.16. The van der Waals surface area contributed by atoms with E-state index in [4.69, 9.17) is 16.3 Å². The van der Waals surface area contributed by atoms with Crippen molar-refractivity contribution < 1.29 is 26.3 Å². The highest BCUT2D eigenvalue weighted by atomic mass is 19.4. The average molecular weight is 358 g/mol. The number of anilines is 1. The molecule has 0 aliphatic heterocycles. The van der Waals surface area contributed by atoms with Crippen LogP contribution in [0.3, 0.4) is 0 Å². The van der Waals surface area contributed by atoms with Crippen molar-refractivity contribution in [2.75, 3.05) is 5.73 Å². The molecule has 3 N–H and O–H groups in total. The monoisotopic (exact) mass is 358 g/mol. The Bertz CT molecular complexity index is 1030. The first kappa shape index (κ1) is 17.9. The summed E-state index contributed by atoms with van der Waals surface area (Å²) in [7, 11) is 0. The molecule has 0 aliphatic carbocycles. The molecule has 0 amide bonds. The highest BCUT2D eigenvalue weighted by Crippen LogP contribution is 2.42. The fraction of sp³-hybridized carbons (Fsp3) is 0.0714. The van der Waals surface area contributed by atoms with Crippen LogP contribution < -0.4 is 11.3 Å². The third kappa shape index (κ3) is 2.76. The zero-order valence-corrected chi connectivity index (χ0v) is 11.7. The summed E-state index contributed by atoms with van der Waals surface area (Å²) < 4.78 is 80.4. The van der Waals surface area contributed by atoms with E-state index in [1.54, 1.807) is 0 Å². The number of pyridine rings is 1. The van der Waals surface area contributed by atoms with Gasteiger partial charge in [-0.1, -0.05) is 0 Å². The molecule has 25 heavy (non-hydrogen) atoms. The normalized spacial score (nSPS) is 11.0. The fourth-order valence-electron chi connectivity index (χ4n) is 2.16. The van der Waals surface area contributed by atoms with Gasteiger partial charge in [-0.05, 0) is 6.07 Å². The minimum absolute atomic E-state index is 0.340. The molecule has 1 aromatic heterocycles. The van der Waals surface area contributed by atoms with Gasteiger partial charge in [-0.25, -0.2) is 13.2 Å². The quantitative estimate of drug-likeness (QED) is 0.604. The molecule has 0 saturated carbocycles. The van der Waals surface area contributed by atoms with Gasteiger partial charge in [-0.3, -0.25) is 4.79 Å². The van der Waals surface area contributed by atoms with Gasteiger partial charge in [0.05, 0.1) is 5.56 Å². The topological polar surface area (TPSA) is 106 Å². The highest BCUT2D eigenvalue weighted by molar-refractivity contribution is 5.82. The SMILES string of the molecule is N#Cc1c(N)[nH]c(=O)c(C#N)c1-c1c(C(F)(F)F)cc(F)c(F)c1F. The first-order chi connectivity index (χ1) is 11.5. The van der Waals surface area contributed by atoms with Crippen LogP contribution in [0.2, 0.25) is 0 Å². The van der Waals surface area contributed by atoms with Crippen LogP contribution in [0.5, 0.6) is 0 Å². The van der Waals surface area contributed by atoms with Gasteiger partial charge in [-0.2, -0.15) is 23.7 Å². The molecule has 0 atom stereocenters. The molecule has 5 nitrogen and oxygen atoms in total. The zero-order chi connectivity index (χ0) is 19.1. The summed E-state index contributed by atoms with van der Waals surface area (Å²) in [6, 6.07) is 2.17. The Balaban J connectivity index is 3.19. The predicted molar refractivity (Wildman–Crippen MR) is 71.2 cm³/mol. The summed E-state index contributed by atoms with van der Waals surface area (Å²) in [6.45, 7) is 0. The first-order valence-corrected chi connectivity index (χ1v) is 6.15. The minimum atomic E-state index is -5.39. The van der Waals surface area contributed by atoms with E-state index in [1.807, 2.05) is 4.98 Å². The summed E-state index contributed by atoms with van der Waals surface area (Å²) in [5.74, 6) is -7.48. The van der Waals surface area contributed by atoms with Crippen molar-refractivity contribution in [3.8, 4) is 23.3 Å². The molecule has 1 aromatic carbocycles. The Hall–Kier alpha value is -3.47. The zero-order valence-electron chi connectivity index (χ0n) is 11.7. The maximum atomic E-state index is 14.1. The van der Waals surface area contributed by atoms with Crippen molar-refractivity contribution in [2.45, 2.75) is 6.18 Å². The van der Waals surface area contributed by atoms with E-state index in [9.17, 15) is 31.1 Å². The number of hydrogen-bond acceptors (Lipinski definition) is 4. The van der Waals surface area contributed by atoms with Crippen LogP contribution in [-0.2, 0) is 6.18 Å². The van der Waals surface area contributed by atoms with Gasteiger partial charge in [0.25, 0.3) is 5.56 Å². The molecular formula is C14H4F6N4O. The van der Waals surface area contributed by atoms with E-state index in [0.717, 1.165) is 0 Å². The minimum Gasteiger partial charge on any atom is -0.384 e. The molecule has 0 radical (unpaired) electrons. The molecule has 0 spiro atoms. The summed E-state index contributed by atoms with van der Waals surface area (Å²) >= 11 is 0. The summed E-state index contributed by atoms with van der Waals surface area (Å²) in [5.41, 5.74) is -2.86. The molecular weight excluding hydrogens is 354 g/mol. The molecule has 128 valence electrons. The Morgan fingerprint density at radius 3 is 2.04 bits per heavy atom. The lowest BCUT2D eigenvalue weighted by molar-refractivity contribution is -0.137. The third-order valence-electron chi connectivity index (χ3n) is 3.19. The van der Waals surface area contributed by atoms with Crippen molar-refractivity contribution in [3.63, 3.8) is 0 Å². The van der Waals surface area contributed by atoms with Crippen LogP contribution in [-0.4, -0.2) is 4.98 Å². The summed E-state index contributed by atoms with van der Waals surface area (Å²) in [6.07, 6.45) is -5.39. The molecule has 0 bridgehead atoms.